The van der Waals surface area contributed by atoms with Crippen LogP contribution >= 0.6 is 0 Å². The molecular weight excluding hydrogens is 254 g/mol. The minimum Gasteiger partial charge on any atom is -0.441 e. The van der Waals surface area contributed by atoms with Gasteiger partial charge in [-0.15, -0.1) is 0 Å². The van der Waals surface area contributed by atoms with Gasteiger partial charge in [-0.25, -0.2) is 0 Å². The summed E-state index contributed by atoms with van der Waals surface area (Å²) in [7, 11) is 0. The van der Waals surface area contributed by atoms with Crippen LogP contribution in [0.5, 0.6) is 5.75 Å². The molecule has 0 radical (unpaired) electrons. The zero-order valence-corrected chi connectivity index (χ0v) is 10.5. The maximum absolute atomic E-state index is 11.5. The van der Waals surface area contributed by atoms with E-state index < -0.39 is 11.8 Å². The van der Waals surface area contributed by atoms with Crippen LogP contribution in [-0.4, -0.2) is 5.91 Å². The van der Waals surface area contributed by atoms with E-state index in [1.54, 1.807) is 6.07 Å². The summed E-state index contributed by atoms with van der Waals surface area (Å²) in [6.45, 7) is 0. The number of fused-ring (bicyclic) bond motifs is 3. The van der Waals surface area contributed by atoms with Crippen LogP contribution in [-0.2, 0) is 4.79 Å². The summed E-state index contributed by atoms with van der Waals surface area (Å²) in [5, 5.41) is 11.2. The Morgan fingerprint density at radius 1 is 1.25 bits per heavy atom. The Kier molecular flexibility index (Phi) is 2.58. The Morgan fingerprint density at radius 2 is 2.00 bits per heavy atom. The summed E-state index contributed by atoms with van der Waals surface area (Å²) in [4.78, 5) is 11.5. The molecule has 2 aromatic rings. The number of primary amides is 1. The third-order valence-corrected chi connectivity index (χ3v) is 3.39. The van der Waals surface area contributed by atoms with Crippen LogP contribution in [0.3, 0.4) is 0 Å². The normalized spacial score (nSPS) is 17.2. The predicted octanol–water partition coefficient (Wildman–Crippen LogP) is 1.49. The molecule has 1 unspecified atom stereocenters. The Balaban J connectivity index is 2.35. The van der Waals surface area contributed by atoms with Crippen molar-refractivity contribution in [1.82, 2.24) is 0 Å². The number of carbonyl (C=O) groups excluding carboxylic acids is 1. The maximum Gasteiger partial charge on any atom is 0.251 e. The van der Waals surface area contributed by atoms with Gasteiger partial charge in [-0.05, 0) is 16.8 Å². The average molecular weight is 265 g/mol. The molecule has 1 aliphatic heterocycles. The quantitative estimate of drug-likeness (QED) is 0.815. The first-order valence-corrected chi connectivity index (χ1v) is 6.02. The Morgan fingerprint density at radius 3 is 2.70 bits per heavy atom. The lowest BCUT2D eigenvalue weighted by Gasteiger charge is -2.24. The summed E-state index contributed by atoms with van der Waals surface area (Å²) in [6.07, 6.45) is 0. The number of hydrogen-bond acceptors (Lipinski definition) is 4. The van der Waals surface area contributed by atoms with Crippen molar-refractivity contribution in [2.45, 2.75) is 5.92 Å². The molecule has 1 aliphatic rings. The van der Waals surface area contributed by atoms with Crippen LogP contribution in [0.2, 0.25) is 0 Å². The zero-order chi connectivity index (χ0) is 14.3. The summed E-state index contributed by atoms with van der Waals surface area (Å²) in [5.74, 6) is -1.18. The van der Waals surface area contributed by atoms with E-state index in [1.165, 1.54) is 0 Å². The number of benzene rings is 2. The van der Waals surface area contributed by atoms with Gasteiger partial charge in [-0.2, -0.15) is 5.26 Å². The number of nitrogens with zero attached hydrogens (tertiary/aromatic N) is 1. The largest absolute Gasteiger partial charge is 0.441 e. The molecule has 0 fully saturated rings. The molecule has 98 valence electrons. The molecule has 5 nitrogen and oxygen atoms in total. The van der Waals surface area contributed by atoms with Crippen molar-refractivity contribution in [3.63, 3.8) is 0 Å². The van der Waals surface area contributed by atoms with Gasteiger partial charge in [0, 0.05) is 5.56 Å². The highest BCUT2D eigenvalue weighted by Gasteiger charge is 2.33. The SMILES string of the molecule is N#CC1C(C(N)=O)=C(N)Oc2ccc3ccccc3c21. The summed E-state index contributed by atoms with van der Waals surface area (Å²) >= 11 is 0. The van der Waals surface area contributed by atoms with Crippen molar-refractivity contribution in [1.29, 1.82) is 5.26 Å². The molecule has 2 aromatic carbocycles. The van der Waals surface area contributed by atoms with E-state index in [0.717, 1.165) is 10.8 Å². The van der Waals surface area contributed by atoms with E-state index in [-0.39, 0.29) is 11.5 Å². The van der Waals surface area contributed by atoms with Gasteiger partial charge in [0.1, 0.15) is 11.7 Å². The van der Waals surface area contributed by atoms with Crippen molar-refractivity contribution in [3.05, 3.63) is 53.4 Å². The predicted molar refractivity (Wildman–Crippen MR) is 73.3 cm³/mol. The van der Waals surface area contributed by atoms with Gasteiger partial charge >= 0.3 is 0 Å². The number of amides is 1. The fourth-order valence-corrected chi connectivity index (χ4v) is 2.52. The molecule has 1 atom stereocenters. The number of nitrogens with two attached hydrogens (primary N) is 2. The van der Waals surface area contributed by atoms with Crippen LogP contribution in [0.1, 0.15) is 11.5 Å². The van der Waals surface area contributed by atoms with Crippen molar-refractivity contribution >= 4 is 16.7 Å². The molecule has 0 spiro atoms. The first kappa shape index (κ1) is 12.1. The number of hydrogen-bond donors (Lipinski definition) is 2. The highest BCUT2D eigenvalue weighted by molar-refractivity contribution is 5.98. The minimum atomic E-state index is -0.817. The second-order valence-electron chi connectivity index (χ2n) is 4.50. The lowest BCUT2D eigenvalue weighted by molar-refractivity contribution is -0.115. The van der Waals surface area contributed by atoms with Crippen LogP contribution in [0.15, 0.2) is 47.9 Å². The number of carbonyl (C=O) groups is 1. The van der Waals surface area contributed by atoms with Crippen molar-refractivity contribution in [2.75, 3.05) is 0 Å². The van der Waals surface area contributed by atoms with Crippen LogP contribution < -0.4 is 16.2 Å². The van der Waals surface area contributed by atoms with Gasteiger partial charge < -0.3 is 16.2 Å². The highest BCUT2D eigenvalue weighted by Crippen LogP contribution is 2.41. The molecule has 0 saturated carbocycles. The molecule has 1 heterocycles. The molecule has 0 aliphatic carbocycles. The highest BCUT2D eigenvalue weighted by atomic mass is 16.5. The molecule has 3 rings (SSSR count). The Bertz CT molecular complexity index is 802. The molecule has 1 amide bonds. The lowest BCUT2D eigenvalue weighted by Crippen LogP contribution is -2.29. The maximum atomic E-state index is 11.5. The van der Waals surface area contributed by atoms with E-state index in [0.29, 0.717) is 11.3 Å². The average Bonchev–Trinajstić information content (AvgIpc) is 2.44. The van der Waals surface area contributed by atoms with E-state index in [2.05, 4.69) is 6.07 Å². The first-order chi connectivity index (χ1) is 9.63. The fraction of sp³-hybridized carbons (Fsp3) is 0.0667. The van der Waals surface area contributed by atoms with Crippen LogP contribution in [0, 0.1) is 11.3 Å². The molecule has 0 bridgehead atoms. The number of ether oxygens (including phenoxy) is 1. The molecule has 4 N–H and O–H groups in total. The van der Waals surface area contributed by atoms with Gasteiger partial charge in [0.2, 0.25) is 5.88 Å². The van der Waals surface area contributed by atoms with Crippen molar-refractivity contribution in [2.24, 2.45) is 11.5 Å². The summed E-state index contributed by atoms with van der Waals surface area (Å²) < 4.78 is 5.45. The Hall–Kier alpha value is -3.00. The smallest absolute Gasteiger partial charge is 0.251 e. The fourth-order valence-electron chi connectivity index (χ4n) is 2.52. The van der Waals surface area contributed by atoms with E-state index in [4.69, 9.17) is 16.2 Å². The van der Waals surface area contributed by atoms with Gasteiger partial charge in [0.25, 0.3) is 5.91 Å². The molecular formula is C15H11N3O2. The van der Waals surface area contributed by atoms with Crippen LogP contribution in [0.25, 0.3) is 10.8 Å². The monoisotopic (exact) mass is 265 g/mol. The van der Waals surface area contributed by atoms with Crippen molar-refractivity contribution in [3.8, 4) is 11.8 Å². The molecule has 0 saturated heterocycles. The molecule has 20 heavy (non-hydrogen) atoms. The Labute approximate surface area is 115 Å². The standard InChI is InChI=1S/C15H11N3O2/c16-7-10-12-9-4-2-1-3-8(9)5-6-11(12)20-15(18)13(10)14(17)19/h1-6,10H,18H2,(H2,17,19). The lowest BCUT2D eigenvalue weighted by atomic mass is 9.86. The minimum absolute atomic E-state index is 0.0105. The van der Waals surface area contributed by atoms with E-state index in [1.807, 2.05) is 30.3 Å². The summed E-state index contributed by atoms with van der Waals surface area (Å²) in [5.41, 5.74) is 11.7. The molecule has 5 heteroatoms. The molecule has 0 aromatic heterocycles. The second-order valence-corrected chi connectivity index (χ2v) is 4.50. The number of nitriles is 1. The zero-order valence-electron chi connectivity index (χ0n) is 10.5. The topological polar surface area (TPSA) is 102 Å². The van der Waals surface area contributed by atoms with E-state index in [9.17, 15) is 10.1 Å². The third kappa shape index (κ3) is 1.59. The van der Waals surface area contributed by atoms with Gasteiger partial charge in [-0.3, -0.25) is 4.79 Å². The van der Waals surface area contributed by atoms with Crippen LogP contribution in [0.4, 0.5) is 0 Å². The van der Waals surface area contributed by atoms with Gasteiger partial charge in [-0.1, -0.05) is 30.3 Å². The third-order valence-electron chi connectivity index (χ3n) is 3.39. The van der Waals surface area contributed by atoms with E-state index >= 15 is 0 Å². The first-order valence-electron chi connectivity index (χ1n) is 6.02. The van der Waals surface area contributed by atoms with Gasteiger partial charge in [0.05, 0.1) is 11.6 Å². The summed E-state index contributed by atoms with van der Waals surface area (Å²) in [6, 6.07) is 13.3. The number of rotatable bonds is 1. The van der Waals surface area contributed by atoms with Gasteiger partial charge in [0.15, 0.2) is 0 Å². The second kappa shape index (κ2) is 4.28. The van der Waals surface area contributed by atoms with Crippen molar-refractivity contribution < 1.29 is 9.53 Å².